The smallest absolute Gasteiger partial charge is 0.00759 e. The van der Waals surface area contributed by atoms with E-state index in [0.29, 0.717) is 6.04 Å². The fourth-order valence-electron chi connectivity index (χ4n) is 1.75. The van der Waals surface area contributed by atoms with Crippen molar-refractivity contribution in [1.29, 1.82) is 0 Å². The van der Waals surface area contributed by atoms with Crippen molar-refractivity contribution in [2.45, 2.75) is 59.4 Å². The van der Waals surface area contributed by atoms with Gasteiger partial charge in [0.15, 0.2) is 0 Å². The van der Waals surface area contributed by atoms with Crippen molar-refractivity contribution in [3.05, 3.63) is 0 Å². The van der Waals surface area contributed by atoms with E-state index >= 15 is 0 Å². The van der Waals surface area contributed by atoms with Gasteiger partial charge in [-0.1, -0.05) is 33.6 Å². The molecule has 1 N–H and O–H groups in total. The molecule has 98 valence electrons. The predicted molar refractivity (Wildman–Crippen MR) is 73.9 cm³/mol. The summed E-state index contributed by atoms with van der Waals surface area (Å²) in [7, 11) is 2.25. The summed E-state index contributed by atoms with van der Waals surface area (Å²) in [6.45, 7) is 12.7. The number of hydrogen-bond acceptors (Lipinski definition) is 2. The molecule has 0 saturated heterocycles. The quantitative estimate of drug-likeness (QED) is 0.578. The second-order valence-corrected chi connectivity index (χ2v) is 5.42. The van der Waals surface area contributed by atoms with Crippen molar-refractivity contribution < 1.29 is 0 Å². The van der Waals surface area contributed by atoms with Crippen LogP contribution >= 0.6 is 0 Å². The lowest BCUT2D eigenvalue weighted by Crippen LogP contribution is -2.33. The van der Waals surface area contributed by atoms with Crippen LogP contribution < -0.4 is 5.32 Å². The van der Waals surface area contributed by atoms with Crippen molar-refractivity contribution in [3.63, 3.8) is 0 Å². The summed E-state index contributed by atoms with van der Waals surface area (Å²) in [5.41, 5.74) is 0. The Kier molecular flexibility index (Phi) is 10.0. The minimum atomic E-state index is 0.705. The topological polar surface area (TPSA) is 15.3 Å². The molecule has 0 aliphatic rings. The zero-order valence-corrected chi connectivity index (χ0v) is 12.1. The third-order valence-electron chi connectivity index (χ3n) is 3.16. The average Bonchev–Trinajstić information content (AvgIpc) is 2.24. The van der Waals surface area contributed by atoms with Gasteiger partial charge in [-0.2, -0.15) is 0 Å². The molecule has 0 aromatic rings. The van der Waals surface area contributed by atoms with Crippen LogP contribution in [0.15, 0.2) is 0 Å². The molecule has 16 heavy (non-hydrogen) atoms. The van der Waals surface area contributed by atoms with Crippen molar-refractivity contribution in [1.82, 2.24) is 10.2 Å². The summed E-state index contributed by atoms with van der Waals surface area (Å²) >= 11 is 0. The normalized spacial score (nSPS) is 13.7. The van der Waals surface area contributed by atoms with E-state index in [-0.39, 0.29) is 0 Å². The van der Waals surface area contributed by atoms with Crippen LogP contribution in [0.3, 0.4) is 0 Å². The van der Waals surface area contributed by atoms with Crippen molar-refractivity contribution in [2.24, 2.45) is 5.92 Å². The second kappa shape index (κ2) is 10.1. The maximum absolute atomic E-state index is 3.51. The van der Waals surface area contributed by atoms with Gasteiger partial charge in [-0.15, -0.1) is 0 Å². The monoisotopic (exact) mass is 228 g/mol. The third kappa shape index (κ3) is 9.17. The summed E-state index contributed by atoms with van der Waals surface area (Å²) in [5.74, 6) is 0.762. The Hall–Kier alpha value is -0.0800. The molecule has 0 fully saturated rings. The standard InChI is InChI=1S/C14H32N2/c1-6-7-8-11-16(5)14(4)9-10-15-12-13(2)3/h13-15H,6-12H2,1-5H3. The highest BCUT2D eigenvalue weighted by Crippen LogP contribution is 2.03. The first-order chi connectivity index (χ1) is 7.57. The van der Waals surface area contributed by atoms with Crippen LogP contribution in [0.5, 0.6) is 0 Å². The Labute approximate surface area is 103 Å². The van der Waals surface area contributed by atoms with Gasteiger partial charge >= 0.3 is 0 Å². The molecular formula is C14H32N2. The van der Waals surface area contributed by atoms with E-state index in [9.17, 15) is 0 Å². The minimum absolute atomic E-state index is 0.705. The first-order valence-corrected chi connectivity index (χ1v) is 6.98. The number of rotatable bonds is 10. The lowest BCUT2D eigenvalue weighted by Gasteiger charge is -2.24. The van der Waals surface area contributed by atoms with Crippen molar-refractivity contribution >= 4 is 0 Å². The van der Waals surface area contributed by atoms with E-state index in [1.54, 1.807) is 0 Å². The Morgan fingerprint density at radius 2 is 1.81 bits per heavy atom. The van der Waals surface area contributed by atoms with Gasteiger partial charge in [0.2, 0.25) is 0 Å². The number of unbranched alkanes of at least 4 members (excludes halogenated alkanes) is 2. The fraction of sp³-hybridized carbons (Fsp3) is 1.00. The Morgan fingerprint density at radius 3 is 2.38 bits per heavy atom. The van der Waals surface area contributed by atoms with Crippen molar-refractivity contribution in [3.8, 4) is 0 Å². The SMILES string of the molecule is CCCCCN(C)C(C)CCNCC(C)C. The lowest BCUT2D eigenvalue weighted by molar-refractivity contribution is 0.239. The molecule has 1 unspecified atom stereocenters. The summed E-state index contributed by atoms with van der Waals surface area (Å²) in [6.07, 6.45) is 5.28. The van der Waals surface area contributed by atoms with E-state index in [4.69, 9.17) is 0 Å². The van der Waals surface area contributed by atoms with E-state index < -0.39 is 0 Å². The van der Waals surface area contributed by atoms with Gasteiger partial charge in [0.05, 0.1) is 0 Å². The molecule has 0 radical (unpaired) electrons. The van der Waals surface area contributed by atoms with Crippen LogP contribution in [0.2, 0.25) is 0 Å². The lowest BCUT2D eigenvalue weighted by atomic mass is 10.1. The minimum Gasteiger partial charge on any atom is -0.316 e. The number of nitrogens with zero attached hydrogens (tertiary/aromatic N) is 1. The number of nitrogens with one attached hydrogen (secondary N) is 1. The molecule has 0 spiro atoms. The van der Waals surface area contributed by atoms with E-state index in [1.807, 2.05) is 0 Å². The molecule has 0 aliphatic carbocycles. The molecule has 0 rings (SSSR count). The Morgan fingerprint density at radius 1 is 1.12 bits per heavy atom. The molecule has 0 aliphatic heterocycles. The van der Waals surface area contributed by atoms with Gasteiger partial charge in [-0.3, -0.25) is 0 Å². The van der Waals surface area contributed by atoms with Gasteiger partial charge < -0.3 is 10.2 Å². The zero-order valence-electron chi connectivity index (χ0n) is 12.1. The highest BCUT2D eigenvalue weighted by atomic mass is 15.1. The largest absolute Gasteiger partial charge is 0.316 e. The second-order valence-electron chi connectivity index (χ2n) is 5.42. The van der Waals surface area contributed by atoms with Crippen LogP contribution in [0, 0.1) is 5.92 Å². The van der Waals surface area contributed by atoms with Crippen LogP contribution in [-0.2, 0) is 0 Å². The van der Waals surface area contributed by atoms with Crippen LogP contribution in [0.1, 0.15) is 53.4 Å². The van der Waals surface area contributed by atoms with E-state index in [1.165, 1.54) is 32.2 Å². The predicted octanol–water partition coefficient (Wildman–Crippen LogP) is 3.13. The van der Waals surface area contributed by atoms with Crippen LogP contribution in [0.4, 0.5) is 0 Å². The summed E-state index contributed by atoms with van der Waals surface area (Å²) in [6, 6.07) is 0.705. The molecule has 0 aromatic heterocycles. The molecule has 0 saturated carbocycles. The zero-order chi connectivity index (χ0) is 12.4. The third-order valence-corrected chi connectivity index (χ3v) is 3.16. The maximum Gasteiger partial charge on any atom is 0.00759 e. The highest BCUT2D eigenvalue weighted by molar-refractivity contribution is 4.65. The molecule has 1 atom stereocenters. The molecular weight excluding hydrogens is 196 g/mol. The van der Waals surface area contributed by atoms with E-state index in [2.05, 4.69) is 45.0 Å². The van der Waals surface area contributed by atoms with Gasteiger partial charge in [0.1, 0.15) is 0 Å². The molecule has 0 amide bonds. The van der Waals surface area contributed by atoms with Gasteiger partial charge in [0.25, 0.3) is 0 Å². The highest BCUT2D eigenvalue weighted by Gasteiger charge is 2.07. The van der Waals surface area contributed by atoms with Gasteiger partial charge in [0, 0.05) is 6.04 Å². The molecule has 2 nitrogen and oxygen atoms in total. The molecule has 0 aromatic carbocycles. The summed E-state index contributed by atoms with van der Waals surface area (Å²) < 4.78 is 0. The van der Waals surface area contributed by atoms with Crippen LogP contribution in [-0.4, -0.2) is 37.6 Å². The average molecular weight is 228 g/mol. The first-order valence-electron chi connectivity index (χ1n) is 6.98. The van der Waals surface area contributed by atoms with E-state index in [0.717, 1.165) is 19.0 Å². The first kappa shape index (κ1) is 15.9. The Bertz CT molecular complexity index is 146. The maximum atomic E-state index is 3.51. The van der Waals surface area contributed by atoms with Crippen LogP contribution in [0.25, 0.3) is 0 Å². The molecule has 2 heteroatoms. The summed E-state index contributed by atoms with van der Waals surface area (Å²) in [4.78, 5) is 2.49. The fourth-order valence-corrected chi connectivity index (χ4v) is 1.75. The van der Waals surface area contributed by atoms with Gasteiger partial charge in [-0.05, 0) is 52.4 Å². The van der Waals surface area contributed by atoms with Gasteiger partial charge in [-0.25, -0.2) is 0 Å². The number of hydrogen-bond donors (Lipinski definition) is 1. The summed E-state index contributed by atoms with van der Waals surface area (Å²) in [5, 5.41) is 3.51. The van der Waals surface area contributed by atoms with Crippen molar-refractivity contribution in [2.75, 3.05) is 26.7 Å². The molecule has 0 bridgehead atoms. The Balaban J connectivity index is 3.43. The molecule has 0 heterocycles.